The van der Waals surface area contributed by atoms with Crippen molar-refractivity contribution in [3.05, 3.63) is 53.6 Å². The molecule has 0 amide bonds. The van der Waals surface area contributed by atoms with Crippen molar-refractivity contribution in [3.8, 4) is 11.5 Å². The summed E-state index contributed by atoms with van der Waals surface area (Å²) in [6.45, 7) is 0. The Balaban J connectivity index is 2.15. The number of benzene rings is 2. The average molecular weight is 214 g/mol. The van der Waals surface area contributed by atoms with Crippen molar-refractivity contribution >= 4 is 12.6 Å². The second-order valence-electron chi connectivity index (χ2n) is 3.64. The second kappa shape index (κ2) is 3.31. The lowest BCUT2D eigenvalue weighted by molar-refractivity contribution is 0.457. The highest BCUT2D eigenvalue weighted by Gasteiger charge is 2.17. The molecule has 3 rings (SSSR count). The van der Waals surface area contributed by atoms with E-state index >= 15 is 0 Å². The fourth-order valence-corrected chi connectivity index (χ4v) is 2.16. The monoisotopic (exact) mass is 214 g/mol. The SMILES string of the molecule is Sc1cccc2c1Cc1ccccc1O2. The van der Waals surface area contributed by atoms with Gasteiger partial charge in [0.25, 0.3) is 0 Å². The Morgan fingerprint density at radius 2 is 1.73 bits per heavy atom. The van der Waals surface area contributed by atoms with Crippen LogP contribution in [0.3, 0.4) is 0 Å². The molecule has 0 spiro atoms. The van der Waals surface area contributed by atoms with Crippen molar-refractivity contribution in [1.29, 1.82) is 0 Å². The minimum Gasteiger partial charge on any atom is -0.457 e. The molecule has 0 unspecified atom stereocenters. The second-order valence-corrected chi connectivity index (χ2v) is 4.12. The zero-order valence-electron chi connectivity index (χ0n) is 8.10. The lowest BCUT2D eigenvalue weighted by Crippen LogP contribution is -2.03. The molecule has 0 N–H and O–H groups in total. The van der Waals surface area contributed by atoms with Gasteiger partial charge in [0.2, 0.25) is 0 Å². The third-order valence-corrected chi connectivity index (χ3v) is 3.09. The van der Waals surface area contributed by atoms with Gasteiger partial charge in [0.05, 0.1) is 0 Å². The van der Waals surface area contributed by atoms with Crippen LogP contribution in [0.1, 0.15) is 11.1 Å². The van der Waals surface area contributed by atoms with E-state index in [9.17, 15) is 0 Å². The van der Waals surface area contributed by atoms with Gasteiger partial charge in [-0.25, -0.2) is 0 Å². The first-order valence-electron chi connectivity index (χ1n) is 4.91. The molecule has 0 saturated heterocycles. The fraction of sp³-hybridized carbons (Fsp3) is 0.0769. The van der Waals surface area contributed by atoms with Gasteiger partial charge in [0, 0.05) is 16.9 Å². The number of hydrogen-bond acceptors (Lipinski definition) is 2. The first kappa shape index (κ1) is 8.86. The minimum atomic E-state index is 0.908. The normalized spacial score (nSPS) is 12.6. The van der Waals surface area contributed by atoms with E-state index in [1.165, 1.54) is 11.1 Å². The number of fused-ring (bicyclic) bond motifs is 2. The van der Waals surface area contributed by atoms with E-state index in [0.717, 1.165) is 22.8 Å². The molecule has 0 bridgehead atoms. The maximum atomic E-state index is 5.81. The summed E-state index contributed by atoms with van der Waals surface area (Å²) in [5.74, 6) is 1.89. The van der Waals surface area contributed by atoms with Gasteiger partial charge in [-0.05, 0) is 23.8 Å². The molecule has 74 valence electrons. The molecule has 2 aromatic carbocycles. The van der Waals surface area contributed by atoms with Gasteiger partial charge in [0.1, 0.15) is 11.5 Å². The fourth-order valence-electron chi connectivity index (χ4n) is 1.89. The quantitative estimate of drug-likeness (QED) is 0.562. The van der Waals surface area contributed by atoms with Gasteiger partial charge in [-0.2, -0.15) is 0 Å². The molecule has 1 aliphatic rings. The molecular formula is C13H10OS. The van der Waals surface area contributed by atoms with Crippen LogP contribution in [0.4, 0.5) is 0 Å². The first-order valence-corrected chi connectivity index (χ1v) is 5.36. The van der Waals surface area contributed by atoms with Crippen LogP contribution in [0, 0.1) is 0 Å². The van der Waals surface area contributed by atoms with Crippen molar-refractivity contribution in [2.24, 2.45) is 0 Å². The number of thiol groups is 1. The molecule has 0 aliphatic carbocycles. The van der Waals surface area contributed by atoms with Crippen molar-refractivity contribution < 1.29 is 4.74 Å². The highest BCUT2D eigenvalue weighted by atomic mass is 32.1. The Labute approximate surface area is 94.1 Å². The van der Waals surface area contributed by atoms with E-state index in [-0.39, 0.29) is 0 Å². The molecular weight excluding hydrogens is 204 g/mol. The largest absolute Gasteiger partial charge is 0.457 e. The van der Waals surface area contributed by atoms with Crippen LogP contribution < -0.4 is 4.74 Å². The van der Waals surface area contributed by atoms with Crippen LogP contribution in [-0.4, -0.2) is 0 Å². The molecule has 15 heavy (non-hydrogen) atoms. The highest BCUT2D eigenvalue weighted by Crippen LogP contribution is 2.38. The molecule has 1 nitrogen and oxygen atoms in total. The van der Waals surface area contributed by atoms with Gasteiger partial charge < -0.3 is 4.74 Å². The summed E-state index contributed by atoms with van der Waals surface area (Å²) >= 11 is 4.45. The summed E-state index contributed by atoms with van der Waals surface area (Å²) in [5, 5.41) is 0. The van der Waals surface area contributed by atoms with Crippen molar-refractivity contribution in [1.82, 2.24) is 0 Å². The Morgan fingerprint density at radius 3 is 2.67 bits per heavy atom. The molecule has 2 aromatic rings. The van der Waals surface area contributed by atoms with Crippen LogP contribution >= 0.6 is 12.6 Å². The van der Waals surface area contributed by atoms with Crippen LogP contribution in [0.2, 0.25) is 0 Å². The van der Waals surface area contributed by atoms with Crippen LogP contribution in [-0.2, 0) is 6.42 Å². The number of ether oxygens (including phenoxy) is 1. The van der Waals surface area contributed by atoms with Crippen LogP contribution in [0.25, 0.3) is 0 Å². The van der Waals surface area contributed by atoms with E-state index in [0.29, 0.717) is 0 Å². The molecule has 0 saturated carbocycles. The number of para-hydroxylation sites is 1. The van der Waals surface area contributed by atoms with E-state index in [1.54, 1.807) is 0 Å². The third kappa shape index (κ3) is 1.41. The van der Waals surface area contributed by atoms with Crippen molar-refractivity contribution in [2.45, 2.75) is 11.3 Å². The van der Waals surface area contributed by atoms with Gasteiger partial charge in [-0.3, -0.25) is 0 Å². The lowest BCUT2D eigenvalue weighted by Gasteiger charge is -2.20. The summed E-state index contributed by atoms with van der Waals surface area (Å²) < 4.78 is 5.81. The summed E-state index contributed by atoms with van der Waals surface area (Å²) in [6, 6.07) is 14.1. The highest BCUT2D eigenvalue weighted by molar-refractivity contribution is 7.80. The van der Waals surface area contributed by atoms with Gasteiger partial charge in [-0.1, -0.05) is 24.3 Å². The predicted molar refractivity (Wildman–Crippen MR) is 63.0 cm³/mol. The standard InChI is InChI=1S/C13H10OS/c15-13-7-3-6-12-10(13)8-9-4-1-2-5-11(9)14-12/h1-7,15H,8H2. The van der Waals surface area contributed by atoms with Crippen LogP contribution in [0.15, 0.2) is 47.4 Å². The van der Waals surface area contributed by atoms with E-state index in [2.05, 4.69) is 18.7 Å². The van der Waals surface area contributed by atoms with Gasteiger partial charge in [0.15, 0.2) is 0 Å². The molecule has 2 heteroatoms. The molecule has 0 aromatic heterocycles. The maximum Gasteiger partial charge on any atom is 0.132 e. The topological polar surface area (TPSA) is 9.23 Å². The average Bonchev–Trinajstić information content (AvgIpc) is 2.27. The molecule has 1 aliphatic heterocycles. The van der Waals surface area contributed by atoms with Gasteiger partial charge >= 0.3 is 0 Å². The summed E-state index contributed by atoms with van der Waals surface area (Å²) in [5.41, 5.74) is 2.41. The Kier molecular flexibility index (Phi) is 1.96. The third-order valence-electron chi connectivity index (χ3n) is 2.67. The Bertz CT molecular complexity index is 520. The smallest absolute Gasteiger partial charge is 0.132 e. The maximum absolute atomic E-state index is 5.81. The van der Waals surface area contributed by atoms with Gasteiger partial charge in [-0.15, -0.1) is 12.6 Å². The van der Waals surface area contributed by atoms with Crippen molar-refractivity contribution in [2.75, 3.05) is 0 Å². The summed E-state index contributed by atoms with van der Waals surface area (Å²) in [6.07, 6.45) is 0.908. The molecule has 0 fully saturated rings. The number of rotatable bonds is 0. The van der Waals surface area contributed by atoms with E-state index < -0.39 is 0 Å². The lowest BCUT2D eigenvalue weighted by atomic mass is 10.0. The van der Waals surface area contributed by atoms with Crippen molar-refractivity contribution in [3.63, 3.8) is 0 Å². The number of hydrogen-bond donors (Lipinski definition) is 1. The Hall–Kier alpha value is -1.41. The minimum absolute atomic E-state index is 0.908. The summed E-state index contributed by atoms with van der Waals surface area (Å²) in [4.78, 5) is 1.00. The molecule has 1 heterocycles. The molecule has 0 atom stereocenters. The van der Waals surface area contributed by atoms with E-state index in [4.69, 9.17) is 4.74 Å². The zero-order valence-corrected chi connectivity index (χ0v) is 9.00. The Morgan fingerprint density at radius 1 is 0.933 bits per heavy atom. The zero-order chi connectivity index (χ0) is 10.3. The molecule has 0 radical (unpaired) electrons. The van der Waals surface area contributed by atoms with E-state index in [1.807, 2.05) is 36.4 Å². The van der Waals surface area contributed by atoms with Crippen LogP contribution in [0.5, 0.6) is 11.5 Å². The summed E-state index contributed by atoms with van der Waals surface area (Å²) in [7, 11) is 0. The predicted octanol–water partition coefficient (Wildman–Crippen LogP) is 3.67. The first-order chi connectivity index (χ1) is 7.34.